The van der Waals surface area contributed by atoms with Crippen molar-refractivity contribution < 1.29 is 4.74 Å². The molecule has 0 spiro atoms. The molecule has 0 saturated carbocycles. The van der Waals surface area contributed by atoms with E-state index in [0.29, 0.717) is 10.9 Å². The molecule has 1 unspecified atom stereocenters. The first-order valence-corrected chi connectivity index (χ1v) is 5.74. The Morgan fingerprint density at radius 3 is 3.00 bits per heavy atom. The van der Waals surface area contributed by atoms with Gasteiger partial charge in [-0.05, 0) is 25.5 Å². The molecule has 1 N–H and O–H groups in total. The van der Waals surface area contributed by atoms with Gasteiger partial charge >= 0.3 is 0 Å². The third kappa shape index (κ3) is 2.27. The van der Waals surface area contributed by atoms with Crippen molar-refractivity contribution in [1.29, 1.82) is 0 Å². The Labute approximate surface area is 95.6 Å². The molecule has 82 valence electrons. The van der Waals surface area contributed by atoms with E-state index in [1.54, 1.807) is 7.11 Å². The number of para-hydroxylation sites is 1. The van der Waals surface area contributed by atoms with Crippen LogP contribution in [0.3, 0.4) is 0 Å². The fraction of sp³-hybridized carbons (Fsp3) is 0.500. The third-order valence-corrected chi connectivity index (χ3v) is 3.24. The third-order valence-electron chi connectivity index (χ3n) is 2.94. The first-order chi connectivity index (χ1) is 7.33. The largest absolute Gasteiger partial charge is 0.495 e. The van der Waals surface area contributed by atoms with Crippen LogP contribution in [0.1, 0.15) is 24.3 Å². The van der Waals surface area contributed by atoms with Gasteiger partial charge in [0.1, 0.15) is 5.75 Å². The highest BCUT2D eigenvalue weighted by Gasteiger charge is 2.19. The second-order valence-electron chi connectivity index (χ2n) is 3.91. The summed E-state index contributed by atoms with van der Waals surface area (Å²) >= 11 is 6.10. The highest BCUT2D eigenvalue weighted by atomic mass is 35.5. The summed E-state index contributed by atoms with van der Waals surface area (Å²) in [6.45, 7) is 2.15. The summed E-state index contributed by atoms with van der Waals surface area (Å²) in [5.74, 6) is 1.38. The molecule has 1 aliphatic rings. The zero-order chi connectivity index (χ0) is 10.7. The topological polar surface area (TPSA) is 21.3 Å². The number of nitrogens with one attached hydrogen (secondary N) is 1. The molecular formula is C12H16ClNO. The van der Waals surface area contributed by atoms with Crippen LogP contribution >= 0.6 is 11.6 Å². The zero-order valence-electron chi connectivity index (χ0n) is 8.92. The second kappa shape index (κ2) is 4.86. The lowest BCUT2D eigenvalue weighted by Gasteiger charge is -2.24. The molecule has 3 heteroatoms. The highest BCUT2D eigenvalue weighted by molar-refractivity contribution is 6.32. The van der Waals surface area contributed by atoms with Crippen LogP contribution in [0.5, 0.6) is 5.75 Å². The molecule has 1 atom stereocenters. The molecule has 15 heavy (non-hydrogen) atoms. The molecule has 1 heterocycles. The van der Waals surface area contributed by atoms with Gasteiger partial charge in [-0.1, -0.05) is 23.7 Å². The number of halogens is 1. The molecule has 0 aromatic heterocycles. The number of piperidine rings is 1. The van der Waals surface area contributed by atoms with Crippen molar-refractivity contribution in [3.8, 4) is 5.75 Å². The van der Waals surface area contributed by atoms with Crippen LogP contribution in [0.2, 0.25) is 5.02 Å². The van der Waals surface area contributed by atoms with E-state index in [2.05, 4.69) is 11.4 Å². The van der Waals surface area contributed by atoms with Gasteiger partial charge in [0, 0.05) is 18.0 Å². The van der Waals surface area contributed by atoms with E-state index in [1.165, 1.54) is 18.4 Å². The molecule has 1 fully saturated rings. The molecule has 0 aliphatic carbocycles. The van der Waals surface area contributed by atoms with E-state index >= 15 is 0 Å². The van der Waals surface area contributed by atoms with E-state index in [4.69, 9.17) is 16.3 Å². The minimum atomic E-state index is 0.535. The van der Waals surface area contributed by atoms with Crippen molar-refractivity contribution in [2.45, 2.75) is 18.8 Å². The maximum Gasteiger partial charge on any atom is 0.140 e. The van der Waals surface area contributed by atoms with Crippen LogP contribution in [0.15, 0.2) is 18.2 Å². The molecule has 0 radical (unpaired) electrons. The molecule has 0 amide bonds. The van der Waals surface area contributed by atoms with Gasteiger partial charge in [0.2, 0.25) is 0 Å². The highest BCUT2D eigenvalue weighted by Crippen LogP contribution is 2.35. The summed E-state index contributed by atoms with van der Waals surface area (Å²) < 4.78 is 5.37. The first kappa shape index (κ1) is 10.8. The van der Waals surface area contributed by atoms with Gasteiger partial charge in [-0.25, -0.2) is 0 Å². The molecule has 1 aromatic carbocycles. The van der Waals surface area contributed by atoms with Gasteiger partial charge < -0.3 is 10.1 Å². The van der Waals surface area contributed by atoms with Crippen molar-refractivity contribution in [3.05, 3.63) is 28.8 Å². The molecule has 1 aliphatic heterocycles. The molecule has 2 rings (SSSR count). The van der Waals surface area contributed by atoms with Crippen LogP contribution < -0.4 is 10.1 Å². The first-order valence-electron chi connectivity index (χ1n) is 5.36. The molecule has 1 saturated heterocycles. The molecule has 0 bridgehead atoms. The summed E-state index contributed by atoms with van der Waals surface area (Å²) in [6, 6.07) is 5.98. The van der Waals surface area contributed by atoms with Gasteiger partial charge in [0.25, 0.3) is 0 Å². The predicted octanol–water partition coefficient (Wildman–Crippen LogP) is 2.82. The van der Waals surface area contributed by atoms with Crippen LogP contribution in [0, 0.1) is 0 Å². The lowest BCUT2D eigenvalue weighted by molar-refractivity contribution is 0.392. The smallest absolute Gasteiger partial charge is 0.140 e. The lowest BCUT2D eigenvalue weighted by atomic mass is 9.91. The summed E-state index contributed by atoms with van der Waals surface area (Å²) in [5, 5.41) is 4.11. The van der Waals surface area contributed by atoms with Crippen molar-refractivity contribution >= 4 is 11.6 Å². The van der Waals surface area contributed by atoms with Crippen molar-refractivity contribution in [1.82, 2.24) is 5.32 Å². The van der Waals surface area contributed by atoms with E-state index < -0.39 is 0 Å². The van der Waals surface area contributed by atoms with Crippen molar-refractivity contribution in [2.75, 3.05) is 20.2 Å². The van der Waals surface area contributed by atoms with Crippen LogP contribution in [-0.2, 0) is 0 Å². The van der Waals surface area contributed by atoms with Gasteiger partial charge in [-0.15, -0.1) is 0 Å². The maximum atomic E-state index is 6.10. The van der Waals surface area contributed by atoms with Crippen LogP contribution in [-0.4, -0.2) is 20.2 Å². The summed E-state index contributed by atoms with van der Waals surface area (Å²) in [6.07, 6.45) is 2.43. The van der Waals surface area contributed by atoms with Crippen molar-refractivity contribution in [2.24, 2.45) is 0 Å². The monoisotopic (exact) mass is 225 g/mol. The van der Waals surface area contributed by atoms with Crippen molar-refractivity contribution in [3.63, 3.8) is 0 Å². The lowest BCUT2D eigenvalue weighted by Crippen LogP contribution is -2.28. The van der Waals surface area contributed by atoms with E-state index in [1.807, 2.05) is 12.1 Å². The minimum Gasteiger partial charge on any atom is -0.495 e. The Morgan fingerprint density at radius 2 is 2.33 bits per heavy atom. The summed E-state index contributed by atoms with van der Waals surface area (Å²) in [7, 11) is 1.68. The zero-order valence-corrected chi connectivity index (χ0v) is 9.68. The van der Waals surface area contributed by atoms with E-state index in [9.17, 15) is 0 Å². The quantitative estimate of drug-likeness (QED) is 0.836. The standard InChI is InChI=1S/C12H16ClNO/c1-15-12-10(5-2-6-11(12)13)9-4-3-7-14-8-9/h2,5-6,9,14H,3-4,7-8H2,1H3. The van der Waals surface area contributed by atoms with Gasteiger partial charge in [0.15, 0.2) is 0 Å². The average Bonchev–Trinajstić information content (AvgIpc) is 2.30. The Hall–Kier alpha value is -0.730. The number of benzene rings is 1. The minimum absolute atomic E-state index is 0.535. The normalized spacial score (nSPS) is 21.3. The number of hydrogen-bond acceptors (Lipinski definition) is 2. The Kier molecular flexibility index (Phi) is 3.49. The maximum absolute atomic E-state index is 6.10. The summed E-state index contributed by atoms with van der Waals surface area (Å²) in [5.41, 5.74) is 1.23. The Morgan fingerprint density at radius 1 is 1.47 bits per heavy atom. The molecule has 2 nitrogen and oxygen atoms in total. The average molecular weight is 226 g/mol. The Bertz CT molecular complexity index is 334. The SMILES string of the molecule is COc1c(Cl)cccc1C1CCCNC1. The Balaban J connectivity index is 2.29. The summed E-state index contributed by atoms with van der Waals surface area (Å²) in [4.78, 5) is 0. The fourth-order valence-corrected chi connectivity index (χ4v) is 2.44. The van der Waals surface area contributed by atoms with E-state index in [-0.39, 0.29) is 0 Å². The number of hydrogen-bond donors (Lipinski definition) is 1. The van der Waals surface area contributed by atoms with E-state index in [0.717, 1.165) is 18.8 Å². The van der Waals surface area contributed by atoms with Gasteiger partial charge in [-0.2, -0.15) is 0 Å². The number of rotatable bonds is 2. The fourth-order valence-electron chi connectivity index (χ4n) is 2.18. The second-order valence-corrected chi connectivity index (χ2v) is 4.31. The number of methoxy groups -OCH3 is 1. The predicted molar refractivity (Wildman–Crippen MR) is 62.8 cm³/mol. The van der Waals surface area contributed by atoms with Crippen LogP contribution in [0.25, 0.3) is 0 Å². The van der Waals surface area contributed by atoms with Crippen LogP contribution in [0.4, 0.5) is 0 Å². The molecule has 1 aromatic rings. The molecular weight excluding hydrogens is 210 g/mol. The number of ether oxygens (including phenoxy) is 1. The van der Waals surface area contributed by atoms with Gasteiger partial charge in [0.05, 0.1) is 12.1 Å². The van der Waals surface area contributed by atoms with Gasteiger partial charge in [-0.3, -0.25) is 0 Å².